The van der Waals surface area contributed by atoms with E-state index in [0.29, 0.717) is 6.42 Å². The number of carbonyl (C=O) groups is 2. The summed E-state index contributed by atoms with van der Waals surface area (Å²) in [6, 6.07) is -0.774. The summed E-state index contributed by atoms with van der Waals surface area (Å²) in [6.07, 6.45) is 21.0. The molecule has 4 heteroatoms. The van der Waals surface area contributed by atoms with Crippen molar-refractivity contribution >= 4 is 11.9 Å². The third-order valence-electron chi connectivity index (χ3n) is 4.91. The van der Waals surface area contributed by atoms with E-state index in [1.807, 2.05) is 13.8 Å². The van der Waals surface area contributed by atoms with E-state index in [4.69, 9.17) is 5.11 Å². The second-order valence-corrected chi connectivity index (χ2v) is 7.96. The Morgan fingerprint density at radius 3 is 1.78 bits per heavy atom. The Hall–Kier alpha value is -1.32. The molecule has 0 rings (SSSR count). The molecule has 0 aliphatic heterocycles. The van der Waals surface area contributed by atoms with E-state index in [9.17, 15) is 9.59 Å². The number of amides is 1. The van der Waals surface area contributed by atoms with Crippen LogP contribution in [0.25, 0.3) is 0 Å². The molecule has 0 aromatic heterocycles. The van der Waals surface area contributed by atoms with E-state index in [0.717, 1.165) is 19.3 Å². The fraction of sp³-hybridized carbons (Fsp3) is 0.826. The van der Waals surface area contributed by atoms with E-state index < -0.39 is 12.0 Å². The fourth-order valence-electron chi connectivity index (χ4n) is 3.12. The van der Waals surface area contributed by atoms with Gasteiger partial charge in [-0.15, -0.1) is 0 Å². The van der Waals surface area contributed by atoms with Crippen LogP contribution < -0.4 is 5.32 Å². The Balaban J connectivity index is 3.42. The molecule has 1 atom stereocenters. The third-order valence-corrected chi connectivity index (χ3v) is 4.91. The predicted molar refractivity (Wildman–Crippen MR) is 114 cm³/mol. The first-order valence-corrected chi connectivity index (χ1v) is 11.2. The highest BCUT2D eigenvalue weighted by atomic mass is 16.4. The molecule has 0 fully saturated rings. The second kappa shape index (κ2) is 18.1. The first-order valence-electron chi connectivity index (χ1n) is 11.2. The van der Waals surface area contributed by atoms with E-state index in [1.165, 1.54) is 64.2 Å². The number of allylic oxidation sites excluding steroid dienone is 2. The molecule has 27 heavy (non-hydrogen) atoms. The van der Waals surface area contributed by atoms with Crippen molar-refractivity contribution < 1.29 is 14.7 Å². The molecule has 0 aliphatic rings. The molecule has 0 aromatic rings. The second-order valence-electron chi connectivity index (χ2n) is 7.96. The zero-order valence-corrected chi connectivity index (χ0v) is 18.0. The molecule has 0 aromatic carbocycles. The highest BCUT2D eigenvalue weighted by Gasteiger charge is 2.22. The summed E-state index contributed by atoms with van der Waals surface area (Å²) in [5.41, 5.74) is 0. The lowest BCUT2D eigenvalue weighted by Crippen LogP contribution is -2.44. The third kappa shape index (κ3) is 16.6. The molecule has 0 saturated heterocycles. The maximum absolute atomic E-state index is 11.8. The summed E-state index contributed by atoms with van der Waals surface area (Å²) >= 11 is 0. The molecule has 1 amide bonds. The van der Waals surface area contributed by atoms with Gasteiger partial charge in [-0.25, -0.2) is 4.79 Å². The van der Waals surface area contributed by atoms with Crippen molar-refractivity contribution in [1.82, 2.24) is 5.32 Å². The van der Waals surface area contributed by atoms with Crippen molar-refractivity contribution in [3.63, 3.8) is 0 Å². The minimum atomic E-state index is -0.953. The molecular weight excluding hydrogens is 338 g/mol. The van der Waals surface area contributed by atoms with Crippen molar-refractivity contribution in [2.75, 3.05) is 0 Å². The van der Waals surface area contributed by atoms with Gasteiger partial charge in [-0.05, 0) is 38.0 Å². The van der Waals surface area contributed by atoms with Crippen LogP contribution in [-0.4, -0.2) is 23.0 Å². The molecular formula is C23H43NO3. The molecule has 0 heterocycles. The molecule has 0 saturated carbocycles. The van der Waals surface area contributed by atoms with Crippen molar-refractivity contribution in [2.45, 2.75) is 117 Å². The van der Waals surface area contributed by atoms with Gasteiger partial charge in [-0.2, -0.15) is 0 Å². The maximum atomic E-state index is 11.8. The summed E-state index contributed by atoms with van der Waals surface area (Å²) in [5, 5.41) is 11.7. The zero-order valence-electron chi connectivity index (χ0n) is 18.0. The summed E-state index contributed by atoms with van der Waals surface area (Å²) in [7, 11) is 0. The van der Waals surface area contributed by atoms with Crippen LogP contribution in [0.3, 0.4) is 0 Å². The quantitative estimate of drug-likeness (QED) is 0.218. The smallest absolute Gasteiger partial charge is 0.326 e. The number of aliphatic carboxylic acids is 1. The Labute approximate surface area is 167 Å². The van der Waals surface area contributed by atoms with Crippen molar-refractivity contribution in [2.24, 2.45) is 5.92 Å². The minimum Gasteiger partial charge on any atom is -0.480 e. The van der Waals surface area contributed by atoms with Gasteiger partial charge in [0.1, 0.15) is 6.04 Å². The molecule has 0 spiro atoms. The number of rotatable bonds is 18. The summed E-state index contributed by atoms with van der Waals surface area (Å²) in [5.74, 6) is -1.19. The van der Waals surface area contributed by atoms with E-state index in [-0.39, 0.29) is 11.8 Å². The van der Waals surface area contributed by atoms with Crippen LogP contribution in [0, 0.1) is 5.92 Å². The minimum absolute atomic E-state index is 0.0944. The number of hydrogen-bond acceptors (Lipinski definition) is 2. The van der Waals surface area contributed by atoms with Gasteiger partial charge >= 0.3 is 5.97 Å². The molecule has 4 nitrogen and oxygen atoms in total. The van der Waals surface area contributed by atoms with Crippen LogP contribution in [-0.2, 0) is 9.59 Å². The van der Waals surface area contributed by atoms with Gasteiger partial charge in [0.25, 0.3) is 0 Å². The van der Waals surface area contributed by atoms with Gasteiger partial charge in [0.2, 0.25) is 5.91 Å². The number of hydrogen-bond donors (Lipinski definition) is 2. The Morgan fingerprint density at radius 2 is 1.30 bits per heavy atom. The molecule has 2 N–H and O–H groups in total. The highest BCUT2D eigenvalue weighted by molar-refractivity contribution is 5.83. The molecule has 0 aliphatic carbocycles. The molecule has 0 radical (unpaired) electrons. The Bertz CT molecular complexity index is 404. The van der Waals surface area contributed by atoms with Crippen LogP contribution in [0.5, 0.6) is 0 Å². The lowest BCUT2D eigenvalue weighted by atomic mass is 10.0. The molecule has 158 valence electrons. The first-order chi connectivity index (χ1) is 13.0. The average Bonchev–Trinajstić information content (AvgIpc) is 2.62. The highest BCUT2D eigenvalue weighted by Crippen LogP contribution is 2.11. The van der Waals surface area contributed by atoms with Crippen LogP contribution >= 0.6 is 0 Å². The van der Waals surface area contributed by atoms with Crippen LogP contribution in [0.1, 0.15) is 111 Å². The van der Waals surface area contributed by atoms with Crippen LogP contribution in [0.4, 0.5) is 0 Å². The first kappa shape index (κ1) is 25.7. The van der Waals surface area contributed by atoms with Crippen molar-refractivity contribution in [3.05, 3.63) is 12.2 Å². The average molecular weight is 382 g/mol. The normalized spacial score (nSPS) is 12.6. The topological polar surface area (TPSA) is 66.4 Å². The summed E-state index contributed by atoms with van der Waals surface area (Å²) in [6.45, 7) is 5.86. The van der Waals surface area contributed by atoms with E-state index in [2.05, 4.69) is 24.4 Å². The Kier molecular flexibility index (Phi) is 17.2. The molecule has 0 bridgehead atoms. The van der Waals surface area contributed by atoms with Gasteiger partial charge in [-0.1, -0.05) is 84.3 Å². The number of carboxylic acids is 1. The standard InChI is InChI=1S/C23H43NO3/c1-4-5-6-7-8-9-10-11-12-13-14-15-16-17-18-19-21(25)24-22(20(2)3)23(26)27/h8-9,20,22H,4-7,10-19H2,1-3H3,(H,24,25)(H,26,27)/b9-8-. The zero-order chi connectivity index (χ0) is 20.3. The lowest BCUT2D eigenvalue weighted by Gasteiger charge is -2.17. The number of unbranched alkanes of at least 4 members (excludes halogenated alkanes) is 11. The summed E-state index contributed by atoms with van der Waals surface area (Å²) < 4.78 is 0. The van der Waals surface area contributed by atoms with Gasteiger partial charge in [0.15, 0.2) is 0 Å². The largest absolute Gasteiger partial charge is 0.480 e. The van der Waals surface area contributed by atoms with E-state index in [1.54, 1.807) is 0 Å². The number of carboxylic acid groups (broad SMARTS) is 1. The fourth-order valence-corrected chi connectivity index (χ4v) is 3.12. The van der Waals surface area contributed by atoms with Gasteiger partial charge in [-0.3, -0.25) is 4.79 Å². The van der Waals surface area contributed by atoms with E-state index >= 15 is 0 Å². The van der Waals surface area contributed by atoms with Gasteiger partial charge < -0.3 is 10.4 Å². The number of carbonyl (C=O) groups excluding carboxylic acids is 1. The lowest BCUT2D eigenvalue weighted by molar-refractivity contribution is -0.143. The van der Waals surface area contributed by atoms with Crippen LogP contribution in [0.15, 0.2) is 12.2 Å². The molecule has 1 unspecified atom stereocenters. The van der Waals surface area contributed by atoms with Gasteiger partial charge in [0, 0.05) is 6.42 Å². The van der Waals surface area contributed by atoms with Gasteiger partial charge in [0.05, 0.1) is 0 Å². The van der Waals surface area contributed by atoms with Crippen LogP contribution in [0.2, 0.25) is 0 Å². The predicted octanol–water partition coefficient (Wildman–Crippen LogP) is 6.25. The Morgan fingerprint density at radius 1 is 0.815 bits per heavy atom. The van der Waals surface area contributed by atoms with Crippen molar-refractivity contribution in [1.29, 1.82) is 0 Å². The SMILES string of the molecule is CCCCC/C=C\CCCCCCCCCCC(=O)NC(C(=O)O)C(C)C. The number of nitrogens with one attached hydrogen (secondary N) is 1. The maximum Gasteiger partial charge on any atom is 0.326 e. The van der Waals surface area contributed by atoms with Crippen molar-refractivity contribution in [3.8, 4) is 0 Å². The monoisotopic (exact) mass is 381 g/mol. The summed E-state index contributed by atoms with van der Waals surface area (Å²) in [4.78, 5) is 22.9.